The number of aryl methyl sites for hydroxylation is 1. The van der Waals surface area contributed by atoms with Crippen LogP contribution in [0.25, 0.3) is 10.8 Å². The highest BCUT2D eigenvalue weighted by molar-refractivity contribution is 6.09. The Morgan fingerprint density at radius 2 is 1.62 bits per heavy atom. The first kappa shape index (κ1) is 20.4. The standard InChI is InChI=1S/C24H26N2O3/c1-24(2,23(28)29)26-22(27)20-15-14-18-12-6-7-13-19(18)21(20)25-16-8-11-17-9-4-3-5-10-17/h3-7,9-10,12-15,25H,8,11,16H2,1-2H3,(H,26,27)(H,28,29). The van der Waals surface area contributed by atoms with Gasteiger partial charge in [-0.2, -0.15) is 0 Å². The Kier molecular flexibility index (Phi) is 6.17. The van der Waals surface area contributed by atoms with Crippen molar-refractivity contribution in [1.29, 1.82) is 0 Å². The zero-order valence-electron chi connectivity index (χ0n) is 16.7. The number of aliphatic carboxylic acids is 1. The minimum absolute atomic E-state index is 0.409. The number of carboxylic acid groups (broad SMARTS) is 1. The minimum Gasteiger partial charge on any atom is -0.480 e. The van der Waals surface area contributed by atoms with Crippen molar-refractivity contribution in [2.45, 2.75) is 32.2 Å². The molecule has 0 aromatic heterocycles. The molecule has 3 rings (SSSR count). The molecule has 3 aromatic rings. The highest BCUT2D eigenvalue weighted by Crippen LogP contribution is 2.28. The van der Waals surface area contributed by atoms with Gasteiger partial charge in [-0.25, -0.2) is 4.79 Å². The van der Waals surface area contributed by atoms with E-state index in [2.05, 4.69) is 22.8 Å². The van der Waals surface area contributed by atoms with Gasteiger partial charge in [0, 0.05) is 11.9 Å². The molecule has 0 bridgehead atoms. The van der Waals surface area contributed by atoms with Crippen molar-refractivity contribution in [2.75, 3.05) is 11.9 Å². The van der Waals surface area contributed by atoms with Crippen molar-refractivity contribution in [1.82, 2.24) is 5.32 Å². The molecule has 0 saturated heterocycles. The minimum atomic E-state index is -1.35. The molecule has 0 heterocycles. The second kappa shape index (κ2) is 8.78. The Morgan fingerprint density at radius 1 is 0.931 bits per heavy atom. The van der Waals surface area contributed by atoms with E-state index < -0.39 is 17.4 Å². The Morgan fingerprint density at radius 3 is 2.34 bits per heavy atom. The molecule has 0 aliphatic carbocycles. The van der Waals surface area contributed by atoms with Gasteiger partial charge in [0.15, 0.2) is 0 Å². The Labute approximate surface area is 170 Å². The van der Waals surface area contributed by atoms with Crippen LogP contribution in [-0.4, -0.2) is 29.1 Å². The van der Waals surface area contributed by atoms with E-state index in [4.69, 9.17) is 0 Å². The molecule has 3 N–H and O–H groups in total. The lowest BCUT2D eigenvalue weighted by molar-refractivity contribution is -0.143. The molecule has 0 fully saturated rings. The van der Waals surface area contributed by atoms with Gasteiger partial charge >= 0.3 is 5.97 Å². The summed E-state index contributed by atoms with van der Waals surface area (Å²) in [6.45, 7) is 3.65. The van der Waals surface area contributed by atoms with Crippen molar-refractivity contribution in [3.05, 3.63) is 77.9 Å². The monoisotopic (exact) mass is 390 g/mol. The fourth-order valence-electron chi connectivity index (χ4n) is 3.21. The average Bonchev–Trinajstić information content (AvgIpc) is 2.71. The Balaban J connectivity index is 1.82. The second-order valence-corrected chi connectivity index (χ2v) is 7.61. The van der Waals surface area contributed by atoms with Crippen molar-refractivity contribution < 1.29 is 14.7 Å². The molecule has 0 radical (unpaired) electrons. The molecule has 29 heavy (non-hydrogen) atoms. The van der Waals surface area contributed by atoms with Crippen LogP contribution >= 0.6 is 0 Å². The number of carbonyl (C=O) groups is 2. The number of fused-ring (bicyclic) bond motifs is 1. The van der Waals surface area contributed by atoms with Crippen molar-refractivity contribution in [3.8, 4) is 0 Å². The van der Waals surface area contributed by atoms with Crippen LogP contribution in [0.2, 0.25) is 0 Å². The van der Waals surface area contributed by atoms with Gasteiger partial charge in [-0.05, 0) is 43.7 Å². The maximum atomic E-state index is 12.9. The van der Waals surface area contributed by atoms with E-state index >= 15 is 0 Å². The summed E-state index contributed by atoms with van der Waals surface area (Å²) in [5.74, 6) is -1.49. The molecular formula is C24H26N2O3. The number of carboxylic acids is 1. The van der Waals surface area contributed by atoms with Crippen molar-refractivity contribution >= 4 is 28.3 Å². The third kappa shape index (κ3) is 4.93. The lowest BCUT2D eigenvalue weighted by Crippen LogP contribution is -2.49. The molecule has 5 nitrogen and oxygen atoms in total. The molecule has 0 spiro atoms. The van der Waals surface area contributed by atoms with Gasteiger partial charge in [-0.1, -0.05) is 60.7 Å². The summed E-state index contributed by atoms with van der Waals surface area (Å²) in [6, 6.07) is 21.7. The predicted octanol–water partition coefficient (Wildman–Crippen LogP) is 4.48. The van der Waals surface area contributed by atoms with E-state index in [1.165, 1.54) is 19.4 Å². The van der Waals surface area contributed by atoms with Gasteiger partial charge in [-0.3, -0.25) is 4.79 Å². The van der Waals surface area contributed by atoms with Crippen LogP contribution in [0, 0.1) is 0 Å². The zero-order valence-corrected chi connectivity index (χ0v) is 16.7. The second-order valence-electron chi connectivity index (χ2n) is 7.61. The van der Waals surface area contributed by atoms with E-state index in [1.807, 2.05) is 48.5 Å². The first-order chi connectivity index (χ1) is 13.9. The van der Waals surface area contributed by atoms with Gasteiger partial charge in [0.05, 0.1) is 11.3 Å². The average molecular weight is 390 g/mol. The van der Waals surface area contributed by atoms with Gasteiger partial charge in [0.2, 0.25) is 0 Å². The number of benzene rings is 3. The summed E-state index contributed by atoms with van der Waals surface area (Å²) in [5.41, 5.74) is 1.09. The van der Waals surface area contributed by atoms with Gasteiger partial charge < -0.3 is 15.7 Å². The molecule has 1 amide bonds. The fourth-order valence-corrected chi connectivity index (χ4v) is 3.21. The fraction of sp³-hybridized carbons (Fsp3) is 0.250. The summed E-state index contributed by atoms with van der Waals surface area (Å²) in [5, 5.41) is 17.3. The first-order valence-electron chi connectivity index (χ1n) is 9.74. The highest BCUT2D eigenvalue weighted by Gasteiger charge is 2.30. The smallest absolute Gasteiger partial charge is 0.328 e. The van der Waals surface area contributed by atoms with Gasteiger partial charge in [-0.15, -0.1) is 0 Å². The topological polar surface area (TPSA) is 78.4 Å². The summed E-state index contributed by atoms with van der Waals surface area (Å²) in [7, 11) is 0. The molecular weight excluding hydrogens is 364 g/mol. The van der Waals surface area contributed by atoms with Gasteiger partial charge in [0.25, 0.3) is 5.91 Å². The normalized spacial score (nSPS) is 11.2. The lowest BCUT2D eigenvalue weighted by atomic mass is 10.0. The zero-order chi connectivity index (χ0) is 20.9. The number of amides is 1. The number of hydrogen-bond acceptors (Lipinski definition) is 3. The van der Waals surface area contributed by atoms with Crippen LogP contribution in [0.5, 0.6) is 0 Å². The van der Waals surface area contributed by atoms with Crippen LogP contribution < -0.4 is 10.6 Å². The first-order valence-corrected chi connectivity index (χ1v) is 9.74. The summed E-state index contributed by atoms with van der Waals surface area (Å²) >= 11 is 0. The maximum Gasteiger partial charge on any atom is 0.328 e. The van der Waals surface area contributed by atoms with Crippen LogP contribution in [0.3, 0.4) is 0 Å². The third-order valence-corrected chi connectivity index (χ3v) is 4.92. The maximum absolute atomic E-state index is 12.9. The number of rotatable bonds is 8. The van der Waals surface area contributed by atoms with Crippen LogP contribution in [0.15, 0.2) is 66.7 Å². The van der Waals surface area contributed by atoms with Crippen LogP contribution in [0.1, 0.15) is 36.2 Å². The molecule has 3 aromatic carbocycles. The highest BCUT2D eigenvalue weighted by atomic mass is 16.4. The molecule has 0 aliphatic rings. The van der Waals surface area contributed by atoms with Gasteiger partial charge in [0.1, 0.15) is 5.54 Å². The van der Waals surface area contributed by atoms with E-state index in [0.29, 0.717) is 12.1 Å². The predicted molar refractivity (Wildman–Crippen MR) is 116 cm³/mol. The molecule has 0 atom stereocenters. The summed E-state index contributed by atoms with van der Waals surface area (Å²) in [4.78, 5) is 24.3. The molecule has 0 unspecified atom stereocenters. The molecule has 5 heteroatoms. The Bertz CT molecular complexity index is 1010. The molecule has 0 aliphatic heterocycles. The van der Waals surface area contributed by atoms with Crippen molar-refractivity contribution in [2.24, 2.45) is 0 Å². The number of nitrogens with one attached hydrogen (secondary N) is 2. The number of anilines is 1. The van der Waals surface area contributed by atoms with Crippen molar-refractivity contribution in [3.63, 3.8) is 0 Å². The molecule has 150 valence electrons. The third-order valence-electron chi connectivity index (χ3n) is 4.92. The van der Waals surface area contributed by atoms with E-state index in [-0.39, 0.29) is 0 Å². The lowest BCUT2D eigenvalue weighted by Gasteiger charge is -2.22. The summed E-state index contributed by atoms with van der Waals surface area (Å²) < 4.78 is 0. The number of carbonyl (C=O) groups excluding carboxylic acids is 1. The number of hydrogen-bond donors (Lipinski definition) is 3. The van der Waals surface area contributed by atoms with Crippen LogP contribution in [-0.2, 0) is 11.2 Å². The van der Waals surface area contributed by atoms with E-state index in [1.54, 1.807) is 6.07 Å². The quantitative estimate of drug-likeness (QED) is 0.496. The SMILES string of the molecule is CC(C)(NC(=O)c1ccc2ccccc2c1NCCCc1ccccc1)C(=O)O. The molecule has 0 saturated carbocycles. The summed E-state index contributed by atoms with van der Waals surface area (Å²) in [6.07, 6.45) is 1.85. The van der Waals surface area contributed by atoms with E-state index in [0.717, 1.165) is 29.3 Å². The van der Waals surface area contributed by atoms with Crippen LogP contribution in [0.4, 0.5) is 5.69 Å². The van der Waals surface area contributed by atoms with E-state index in [9.17, 15) is 14.7 Å². The largest absolute Gasteiger partial charge is 0.480 e. The Hall–Kier alpha value is -3.34.